The van der Waals surface area contributed by atoms with Crippen molar-refractivity contribution in [3.63, 3.8) is 0 Å². The zero-order chi connectivity index (χ0) is 5.98. The smallest absolute Gasteiger partial charge is 0.0304 e. The second-order valence-electron chi connectivity index (χ2n) is 1.78. The molecule has 0 unspecified atom stereocenters. The lowest BCUT2D eigenvalue weighted by molar-refractivity contribution is 0.491. The Balaban J connectivity index is 2.86. The second kappa shape index (κ2) is 1.85. The van der Waals surface area contributed by atoms with Gasteiger partial charge in [0.25, 0.3) is 0 Å². The van der Waals surface area contributed by atoms with Crippen molar-refractivity contribution >= 4 is 5.87 Å². The van der Waals surface area contributed by atoms with Gasteiger partial charge in [-0.15, -0.1) is 5.10 Å². The van der Waals surface area contributed by atoms with Gasteiger partial charge in [0.2, 0.25) is 0 Å². The number of hydrogen-bond donors (Lipinski definition) is 0. The fraction of sp³-hybridized carbons (Fsp3) is 0.333. The van der Waals surface area contributed by atoms with Crippen molar-refractivity contribution < 1.29 is 0 Å². The molecule has 0 atom stereocenters. The van der Waals surface area contributed by atoms with E-state index < -0.39 is 0 Å². The molecular weight excluding hydrogens is 100 g/mol. The molecule has 2 heteroatoms. The SMILES string of the molecule is CC1=C=NN(C)C=C1. The highest BCUT2D eigenvalue weighted by Crippen LogP contribution is 1.96. The standard InChI is InChI=1S/C6H8N2/c1-6-3-4-8(2)7-5-6/h3-4H,1-2H3. The molecule has 1 rings (SSSR count). The molecule has 1 heterocycles. The van der Waals surface area contributed by atoms with Crippen molar-refractivity contribution in [3.05, 3.63) is 17.8 Å². The van der Waals surface area contributed by atoms with Gasteiger partial charge in [0, 0.05) is 24.7 Å². The van der Waals surface area contributed by atoms with Crippen LogP contribution in [0.3, 0.4) is 0 Å². The molecule has 8 heavy (non-hydrogen) atoms. The van der Waals surface area contributed by atoms with Gasteiger partial charge < -0.3 is 0 Å². The minimum atomic E-state index is 1.07. The van der Waals surface area contributed by atoms with Crippen LogP contribution in [0.4, 0.5) is 0 Å². The van der Waals surface area contributed by atoms with E-state index in [0.29, 0.717) is 0 Å². The fourth-order valence-corrected chi connectivity index (χ4v) is 0.448. The summed E-state index contributed by atoms with van der Waals surface area (Å²) in [4.78, 5) is 0. The van der Waals surface area contributed by atoms with Gasteiger partial charge in [-0.25, -0.2) is 0 Å². The maximum absolute atomic E-state index is 3.87. The molecule has 1 aliphatic heterocycles. The van der Waals surface area contributed by atoms with Crippen molar-refractivity contribution in [2.75, 3.05) is 7.05 Å². The summed E-state index contributed by atoms with van der Waals surface area (Å²) in [7, 11) is 1.87. The van der Waals surface area contributed by atoms with E-state index in [2.05, 4.69) is 11.0 Å². The molecule has 0 saturated carbocycles. The molecule has 0 amide bonds. The monoisotopic (exact) mass is 108 g/mol. The van der Waals surface area contributed by atoms with Crippen LogP contribution in [0.2, 0.25) is 0 Å². The Kier molecular flexibility index (Phi) is 1.18. The third-order valence-corrected chi connectivity index (χ3v) is 0.924. The number of allylic oxidation sites excluding steroid dienone is 2. The predicted octanol–water partition coefficient (Wildman–Crippen LogP) is 0.977. The Hall–Kier alpha value is -1.01. The van der Waals surface area contributed by atoms with Crippen LogP contribution >= 0.6 is 0 Å². The maximum atomic E-state index is 3.87. The summed E-state index contributed by atoms with van der Waals surface area (Å²) in [6.07, 6.45) is 3.86. The highest BCUT2D eigenvalue weighted by molar-refractivity contribution is 5.61. The van der Waals surface area contributed by atoms with Crippen LogP contribution in [0.15, 0.2) is 23.0 Å². The van der Waals surface area contributed by atoms with Crippen LogP contribution in [0.25, 0.3) is 0 Å². The Bertz CT molecular complexity index is 173. The summed E-state index contributed by atoms with van der Waals surface area (Å²) >= 11 is 0. The van der Waals surface area contributed by atoms with E-state index >= 15 is 0 Å². The predicted molar refractivity (Wildman–Crippen MR) is 33.5 cm³/mol. The Morgan fingerprint density at radius 2 is 2.50 bits per heavy atom. The maximum Gasteiger partial charge on any atom is 0.0304 e. The first-order valence-electron chi connectivity index (χ1n) is 2.50. The first kappa shape index (κ1) is 5.13. The molecule has 0 bridgehead atoms. The van der Waals surface area contributed by atoms with E-state index in [-0.39, 0.29) is 0 Å². The van der Waals surface area contributed by atoms with Gasteiger partial charge in [0.15, 0.2) is 0 Å². The van der Waals surface area contributed by atoms with Gasteiger partial charge in [0.1, 0.15) is 0 Å². The third-order valence-electron chi connectivity index (χ3n) is 0.924. The topological polar surface area (TPSA) is 15.6 Å². The van der Waals surface area contributed by atoms with Crippen LogP contribution < -0.4 is 0 Å². The minimum Gasteiger partial charge on any atom is -0.268 e. The lowest BCUT2D eigenvalue weighted by Gasteiger charge is -2.05. The van der Waals surface area contributed by atoms with Crippen molar-refractivity contribution in [2.24, 2.45) is 5.10 Å². The highest BCUT2D eigenvalue weighted by atomic mass is 15.4. The molecule has 0 spiro atoms. The lowest BCUT2D eigenvalue weighted by atomic mass is 10.3. The van der Waals surface area contributed by atoms with Crippen LogP contribution in [-0.2, 0) is 0 Å². The van der Waals surface area contributed by atoms with Crippen molar-refractivity contribution in [2.45, 2.75) is 6.92 Å². The van der Waals surface area contributed by atoms with E-state index in [1.54, 1.807) is 5.01 Å². The van der Waals surface area contributed by atoms with Crippen LogP contribution in [0.1, 0.15) is 6.92 Å². The summed E-state index contributed by atoms with van der Waals surface area (Å²) in [6.45, 7) is 1.97. The van der Waals surface area contributed by atoms with Gasteiger partial charge in [-0.3, -0.25) is 5.01 Å². The molecule has 42 valence electrons. The van der Waals surface area contributed by atoms with E-state index in [4.69, 9.17) is 0 Å². The van der Waals surface area contributed by atoms with E-state index in [1.807, 2.05) is 26.2 Å². The summed E-state index contributed by atoms with van der Waals surface area (Å²) in [5, 5.41) is 5.59. The van der Waals surface area contributed by atoms with Gasteiger partial charge in [-0.1, -0.05) is 0 Å². The zero-order valence-electron chi connectivity index (χ0n) is 5.05. The van der Waals surface area contributed by atoms with Gasteiger partial charge in [-0.05, 0) is 13.0 Å². The van der Waals surface area contributed by atoms with E-state index in [1.165, 1.54) is 0 Å². The number of hydrogen-bond acceptors (Lipinski definition) is 2. The zero-order valence-corrected chi connectivity index (χ0v) is 5.05. The average Bonchev–Trinajstić information content (AvgIpc) is 1.77. The molecule has 0 aromatic rings. The molecular formula is C6H8N2. The summed E-state index contributed by atoms with van der Waals surface area (Å²) in [5.74, 6) is 2.81. The normalized spacial score (nSPS) is 16.8. The van der Waals surface area contributed by atoms with Crippen molar-refractivity contribution in [1.82, 2.24) is 5.01 Å². The van der Waals surface area contributed by atoms with Gasteiger partial charge in [0.05, 0.1) is 0 Å². The number of nitrogens with zero attached hydrogens (tertiary/aromatic N) is 2. The van der Waals surface area contributed by atoms with Crippen LogP contribution in [-0.4, -0.2) is 17.9 Å². The molecule has 2 nitrogen and oxygen atoms in total. The lowest BCUT2D eigenvalue weighted by Crippen LogP contribution is -2.02. The summed E-state index contributed by atoms with van der Waals surface area (Å²) in [5.41, 5.74) is 1.07. The Morgan fingerprint density at radius 1 is 1.75 bits per heavy atom. The number of hydrazone groups is 1. The largest absolute Gasteiger partial charge is 0.268 e. The Morgan fingerprint density at radius 3 is 2.88 bits per heavy atom. The molecule has 0 N–H and O–H groups in total. The molecule has 0 aliphatic carbocycles. The van der Waals surface area contributed by atoms with E-state index in [9.17, 15) is 0 Å². The average molecular weight is 108 g/mol. The van der Waals surface area contributed by atoms with Crippen LogP contribution in [0.5, 0.6) is 0 Å². The first-order chi connectivity index (χ1) is 3.79. The molecule has 0 aromatic heterocycles. The van der Waals surface area contributed by atoms with Crippen molar-refractivity contribution in [3.8, 4) is 0 Å². The van der Waals surface area contributed by atoms with Crippen LogP contribution in [0, 0.1) is 0 Å². The Labute approximate surface area is 48.8 Å². The second-order valence-corrected chi connectivity index (χ2v) is 1.78. The van der Waals surface area contributed by atoms with Crippen molar-refractivity contribution in [1.29, 1.82) is 0 Å². The molecule has 0 saturated heterocycles. The van der Waals surface area contributed by atoms with Gasteiger partial charge in [-0.2, -0.15) is 0 Å². The highest BCUT2D eigenvalue weighted by Gasteiger charge is 1.87. The van der Waals surface area contributed by atoms with Gasteiger partial charge >= 0.3 is 0 Å². The first-order valence-corrected chi connectivity index (χ1v) is 2.50. The molecule has 0 aromatic carbocycles. The molecule has 0 radical (unpaired) electrons. The molecule has 1 aliphatic rings. The van der Waals surface area contributed by atoms with E-state index in [0.717, 1.165) is 5.57 Å². The quantitative estimate of drug-likeness (QED) is 0.451. The molecule has 0 fully saturated rings. The third kappa shape index (κ3) is 0.983. The fourth-order valence-electron chi connectivity index (χ4n) is 0.448. The number of rotatable bonds is 0. The summed E-state index contributed by atoms with van der Waals surface area (Å²) < 4.78 is 0. The summed E-state index contributed by atoms with van der Waals surface area (Å²) in [6, 6.07) is 0. The minimum absolute atomic E-state index is 1.07.